The van der Waals surface area contributed by atoms with Crippen LogP contribution < -0.4 is 4.90 Å². The third-order valence-corrected chi connectivity index (χ3v) is 1.84. The van der Waals surface area contributed by atoms with Gasteiger partial charge in [-0.15, -0.1) is 6.42 Å². The van der Waals surface area contributed by atoms with Gasteiger partial charge in [-0.1, -0.05) is 12.0 Å². The van der Waals surface area contributed by atoms with Gasteiger partial charge in [0.05, 0.1) is 6.42 Å². The lowest BCUT2D eigenvalue weighted by atomic mass is 10.2. The van der Waals surface area contributed by atoms with E-state index in [0.29, 0.717) is 5.69 Å². The second-order valence-corrected chi connectivity index (χ2v) is 2.85. The van der Waals surface area contributed by atoms with Crippen molar-refractivity contribution in [2.45, 2.75) is 6.42 Å². The molecule has 0 heterocycles. The molecule has 0 aliphatic carbocycles. The Morgan fingerprint density at radius 1 is 1.64 bits per heavy atom. The molecule has 1 amide bonds. The summed E-state index contributed by atoms with van der Waals surface area (Å²) in [6, 6.07) is 6.45. The summed E-state index contributed by atoms with van der Waals surface area (Å²) in [6.07, 6.45) is 5.09. The Morgan fingerprint density at radius 2 is 2.36 bits per heavy atom. The van der Waals surface area contributed by atoms with Crippen LogP contribution in [0.1, 0.15) is 6.42 Å². The molecule has 72 valence electrons. The Bertz CT molecular complexity index is 379. The van der Waals surface area contributed by atoms with Crippen molar-refractivity contribution in [1.29, 1.82) is 0 Å². The Morgan fingerprint density at radius 3 is 2.93 bits per heavy atom. The third kappa shape index (κ3) is 2.27. The van der Waals surface area contributed by atoms with Crippen molar-refractivity contribution < 1.29 is 9.90 Å². The van der Waals surface area contributed by atoms with Gasteiger partial charge in [-0.2, -0.15) is 0 Å². The summed E-state index contributed by atoms with van der Waals surface area (Å²) in [5.41, 5.74) is 0.630. The van der Waals surface area contributed by atoms with Crippen LogP contribution >= 0.6 is 0 Å². The highest BCUT2D eigenvalue weighted by molar-refractivity contribution is 5.94. The van der Waals surface area contributed by atoms with Crippen LogP contribution in [0.2, 0.25) is 0 Å². The smallest absolute Gasteiger partial charge is 0.238 e. The van der Waals surface area contributed by atoms with E-state index in [-0.39, 0.29) is 18.1 Å². The Labute approximate surface area is 83.0 Å². The molecule has 0 bridgehead atoms. The summed E-state index contributed by atoms with van der Waals surface area (Å²) in [5.74, 6) is 2.24. The van der Waals surface area contributed by atoms with E-state index >= 15 is 0 Å². The number of phenolic OH excluding ortho intramolecular Hbond substituents is 1. The van der Waals surface area contributed by atoms with Crippen LogP contribution in [-0.2, 0) is 4.79 Å². The molecule has 0 fully saturated rings. The fourth-order valence-corrected chi connectivity index (χ4v) is 1.05. The second kappa shape index (κ2) is 4.33. The van der Waals surface area contributed by atoms with Crippen molar-refractivity contribution in [3.63, 3.8) is 0 Å². The molecule has 0 radical (unpaired) electrons. The summed E-state index contributed by atoms with van der Waals surface area (Å²) >= 11 is 0. The van der Waals surface area contributed by atoms with Gasteiger partial charge in [0.2, 0.25) is 5.91 Å². The molecule has 0 saturated heterocycles. The average Bonchev–Trinajstić information content (AvgIpc) is 2.17. The number of rotatable bonds is 2. The van der Waals surface area contributed by atoms with Gasteiger partial charge in [0, 0.05) is 18.8 Å². The SMILES string of the molecule is C#CCC(=O)N(C)c1cccc(O)c1. The lowest BCUT2D eigenvalue weighted by Gasteiger charge is -2.15. The van der Waals surface area contributed by atoms with E-state index in [4.69, 9.17) is 6.42 Å². The van der Waals surface area contributed by atoms with Crippen molar-refractivity contribution in [3.05, 3.63) is 24.3 Å². The third-order valence-electron chi connectivity index (χ3n) is 1.84. The van der Waals surface area contributed by atoms with Gasteiger partial charge in [0.25, 0.3) is 0 Å². The first-order chi connectivity index (χ1) is 6.65. The second-order valence-electron chi connectivity index (χ2n) is 2.85. The number of aromatic hydroxyl groups is 1. The van der Waals surface area contributed by atoms with Crippen molar-refractivity contribution in [2.75, 3.05) is 11.9 Å². The van der Waals surface area contributed by atoms with Gasteiger partial charge in [-0.05, 0) is 12.1 Å². The lowest BCUT2D eigenvalue weighted by Crippen LogP contribution is -2.25. The largest absolute Gasteiger partial charge is 0.508 e. The molecule has 1 rings (SSSR count). The first kappa shape index (κ1) is 10.1. The number of anilines is 1. The number of terminal acetylenes is 1. The zero-order valence-electron chi connectivity index (χ0n) is 7.90. The molecule has 1 aromatic carbocycles. The lowest BCUT2D eigenvalue weighted by molar-refractivity contribution is -0.117. The fourth-order valence-electron chi connectivity index (χ4n) is 1.05. The molecule has 1 aromatic rings. The minimum atomic E-state index is -0.168. The molecular weight excluding hydrogens is 178 g/mol. The molecule has 0 aromatic heterocycles. The zero-order valence-corrected chi connectivity index (χ0v) is 7.90. The Hall–Kier alpha value is -1.95. The molecule has 1 N–H and O–H groups in total. The highest BCUT2D eigenvalue weighted by atomic mass is 16.3. The van der Waals surface area contributed by atoms with Crippen LogP contribution in [0.4, 0.5) is 5.69 Å². The van der Waals surface area contributed by atoms with Gasteiger partial charge in [-0.3, -0.25) is 4.79 Å². The number of carbonyl (C=O) groups excluding carboxylic acids is 1. The first-order valence-corrected chi connectivity index (χ1v) is 4.14. The van der Waals surface area contributed by atoms with Crippen molar-refractivity contribution >= 4 is 11.6 Å². The number of phenols is 1. The van der Waals surface area contributed by atoms with Gasteiger partial charge in [-0.25, -0.2) is 0 Å². The number of carbonyl (C=O) groups is 1. The van der Waals surface area contributed by atoms with Crippen LogP contribution in [0.15, 0.2) is 24.3 Å². The minimum Gasteiger partial charge on any atom is -0.508 e. The summed E-state index contributed by atoms with van der Waals surface area (Å²) in [6.45, 7) is 0. The van der Waals surface area contributed by atoms with Crippen LogP contribution in [0, 0.1) is 12.3 Å². The first-order valence-electron chi connectivity index (χ1n) is 4.14. The Balaban J connectivity index is 2.85. The highest BCUT2D eigenvalue weighted by Gasteiger charge is 2.09. The molecule has 0 spiro atoms. The minimum absolute atomic E-state index is 0.0617. The summed E-state index contributed by atoms with van der Waals surface area (Å²) in [4.78, 5) is 12.8. The van der Waals surface area contributed by atoms with E-state index in [1.807, 2.05) is 0 Å². The monoisotopic (exact) mass is 189 g/mol. The quantitative estimate of drug-likeness (QED) is 0.714. The number of hydrogen-bond acceptors (Lipinski definition) is 2. The zero-order chi connectivity index (χ0) is 10.6. The number of amides is 1. The maximum Gasteiger partial charge on any atom is 0.238 e. The summed E-state index contributed by atoms with van der Waals surface area (Å²) in [7, 11) is 1.62. The van der Waals surface area contributed by atoms with Crippen molar-refractivity contribution in [2.24, 2.45) is 0 Å². The molecule has 0 saturated carbocycles. The van der Waals surface area contributed by atoms with Crippen molar-refractivity contribution in [1.82, 2.24) is 0 Å². The van der Waals surface area contributed by atoms with Gasteiger partial charge in [0.15, 0.2) is 0 Å². The molecule has 0 aliphatic rings. The number of benzene rings is 1. The molecular formula is C11H11NO2. The maximum atomic E-state index is 11.4. The van der Waals surface area contributed by atoms with E-state index in [2.05, 4.69) is 5.92 Å². The van der Waals surface area contributed by atoms with Crippen molar-refractivity contribution in [3.8, 4) is 18.1 Å². The van der Waals surface area contributed by atoms with E-state index in [1.165, 1.54) is 11.0 Å². The van der Waals surface area contributed by atoms with Crippen LogP contribution in [0.25, 0.3) is 0 Å². The predicted octanol–water partition coefficient (Wildman–Crippen LogP) is 1.38. The van der Waals surface area contributed by atoms with E-state index in [9.17, 15) is 9.90 Å². The molecule has 0 aliphatic heterocycles. The Kier molecular flexibility index (Phi) is 3.14. The van der Waals surface area contributed by atoms with Crippen LogP contribution in [-0.4, -0.2) is 18.1 Å². The summed E-state index contributed by atoms with van der Waals surface area (Å²) in [5, 5.41) is 9.20. The normalized spacial score (nSPS) is 9.14. The van der Waals surface area contributed by atoms with Crippen LogP contribution in [0.5, 0.6) is 5.75 Å². The van der Waals surface area contributed by atoms with Gasteiger partial charge >= 0.3 is 0 Å². The number of hydrogen-bond donors (Lipinski definition) is 1. The topological polar surface area (TPSA) is 40.5 Å². The molecule has 3 nitrogen and oxygen atoms in total. The van der Waals surface area contributed by atoms with Crippen LogP contribution in [0.3, 0.4) is 0 Å². The molecule has 0 unspecified atom stereocenters. The molecule has 0 atom stereocenters. The van der Waals surface area contributed by atoms with E-state index < -0.39 is 0 Å². The van der Waals surface area contributed by atoms with E-state index in [1.54, 1.807) is 25.2 Å². The fraction of sp³-hybridized carbons (Fsp3) is 0.182. The predicted molar refractivity (Wildman–Crippen MR) is 55.0 cm³/mol. The molecule has 3 heteroatoms. The summed E-state index contributed by atoms with van der Waals surface area (Å²) < 4.78 is 0. The maximum absolute atomic E-state index is 11.4. The highest BCUT2D eigenvalue weighted by Crippen LogP contribution is 2.19. The number of nitrogens with zero attached hydrogens (tertiary/aromatic N) is 1. The van der Waals surface area contributed by atoms with Gasteiger partial charge in [0.1, 0.15) is 5.75 Å². The average molecular weight is 189 g/mol. The molecule has 14 heavy (non-hydrogen) atoms. The van der Waals surface area contributed by atoms with Gasteiger partial charge < -0.3 is 10.0 Å². The van der Waals surface area contributed by atoms with E-state index in [0.717, 1.165) is 0 Å². The standard InChI is InChI=1S/C11H11NO2/c1-3-5-11(14)12(2)9-6-4-7-10(13)8-9/h1,4,6-8,13H,5H2,2H3.